The van der Waals surface area contributed by atoms with Gasteiger partial charge in [-0.05, 0) is 75.1 Å². The monoisotopic (exact) mass is 594 g/mol. The predicted molar refractivity (Wildman–Crippen MR) is 167 cm³/mol. The Balaban J connectivity index is 0.986. The molecule has 226 valence electrons. The van der Waals surface area contributed by atoms with Crippen LogP contribution in [0.3, 0.4) is 0 Å². The van der Waals surface area contributed by atoms with Crippen molar-refractivity contribution in [1.82, 2.24) is 9.99 Å². The SMILES string of the molecule is CC1=C(C(=O)Nc2ccc(Oc3ccnc4cc(OCCC5CCC6(CC6)O5)ccc34)c(F)c2)CN(c2ccccc2)N1C. The number of carbonyl (C=O) groups is 1. The number of amides is 1. The Kier molecular flexibility index (Phi) is 7.34. The maximum absolute atomic E-state index is 15.2. The first-order valence-electron chi connectivity index (χ1n) is 15.1. The summed E-state index contributed by atoms with van der Waals surface area (Å²) in [5, 5.41) is 7.54. The van der Waals surface area contributed by atoms with Gasteiger partial charge in [0.25, 0.3) is 5.91 Å². The number of fused-ring (bicyclic) bond motifs is 1. The van der Waals surface area contributed by atoms with Crippen LogP contribution in [-0.4, -0.2) is 47.8 Å². The molecule has 3 aromatic carbocycles. The van der Waals surface area contributed by atoms with Gasteiger partial charge in [-0.1, -0.05) is 18.2 Å². The second kappa shape index (κ2) is 11.5. The first-order chi connectivity index (χ1) is 21.4. The van der Waals surface area contributed by atoms with Crippen molar-refractivity contribution in [2.45, 2.75) is 50.7 Å². The Hall–Kier alpha value is -4.63. The second-order valence-electron chi connectivity index (χ2n) is 11.8. The van der Waals surface area contributed by atoms with Gasteiger partial charge in [-0.25, -0.2) is 4.39 Å². The van der Waals surface area contributed by atoms with Crippen molar-refractivity contribution in [3.8, 4) is 17.2 Å². The molecule has 1 aliphatic carbocycles. The zero-order chi connectivity index (χ0) is 30.3. The molecule has 44 heavy (non-hydrogen) atoms. The minimum Gasteiger partial charge on any atom is -0.493 e. The summed E-state index contributed by atoms with van der Waals surface area (Å²) in [6, 6.07) is 21.6. The van der Waals surface area contributed by atoms with Gasteiger partial charge in [-0.2, -0.15) is 0 Å². The van der Waals surface area contributed by atoms with Crippen molar-refractivity contribution < 1.29 is 23.4 Å². The van der Waals surface area contributed by atoms with E-state index in [1.807, 2.05) is 72.5 Å². The number of allylic oxidation sites excluding steroid dienone is 1. The molecule has 0 radical (unpaired) electrons. The fourth-order valence-corrected chi connectivity index (χ4v) is 6.03. The zero-order valence-electron chi connectivity index (χ0n) is 24.9. The molecule has 1 N–H and O–H groups in total. The minimum atomic E-state index is -0.588. The number of halogens is 1. The molecule has 7 rings (SSSR count). The third-order valence-electron chi connectivity index (χ3n) is 8.86. The topological polar surface area (TPSA) is 76.2 Å². The summed E-state index contributed by atoms with van der Waals surface area (Å²) < 4.78 is 33.4. The predicted octanol–water partition coefficient (Wildman–Crippen LogP) is 7.23. The number of carbonyl (C=O) groups excluding carboxylic acids is 1. The van der Waals surface area contributed by atoms with Crippen molar-refractivity contribution in [1.29, 1.82) is 0 Å². The number of nitrogens with one attached hydrogen (secondary N) is 1. The third kappa shape index (κ3) is 5.67. The number of benzene rings is 3. The number of para-hydroxylation sites is 1. The van der Waals surface area contributed by atoms with Crippen LogP contribution in [0.5, 0.6) is 17.2 Å². The number of hydrogen-bond acceptors (Lipinski definition) is 7. The van der Waals surface area contributed by atoms with E-state index in [1.54, 1.807) is 18.3 Å². The molecule has 2 aliphatic heterocycles. The van der Waals surface area contributed by atoms with Gasteiger partial charge in [-0.3, -0.25) is 19.8 Å². The molecule has 2 fully saturated rings. The number of ether oxygens (including phenoxy) is 3. The average molecular weight is 595 g/mol. The fraction of sp³-hybridized carbons (Fsp3) is 0.314. The van der Waals surface area contributed by atoms with E-state index in [2.05, 4.69) is 10.3 Å². The van der Waals surface area contributed by atoms with Gasteiger partial charge >= 0.3 is 0 Å². The molecule has 1 aromatic heterocycles. The highest BCUT2D eigenvalue weighted by Gasteiger charge is 2.49. The lowest BCUT2D eigenvalue weighted by Gasteiger charge is -2.29. The lowest BCUT2D eigenvalue weighted by atomic mass is 10.1. The lowest BCUT2D eigenvalue weighted by Crippen LogP contribution is -2.34. The van der Waals surface area contributed by atoms with E-state index < -0.39 is 5.82 Å². The van der Waals surface area contributed by atoms with Crippen LogP contribution in [0.4, 0.5) is 15.8 Å². The lowest BCUT2D eigenvalue weighted by molar-refractivity contribution is -0.112. The highest BCUT2D eigenvalue weighted by molar-refractivity contribution is 6.05. The van der Waals surface area contributed by atoms with Gasteiger partial charge in [0, 0.05) is 48.6 Å². The number of hydrazine groups is 1. The second-order valence-corrected chi connectivity index (χ2v) is 11.8. The summed E-state index contributed by atoms with van der Waals surface area (Å²) in [5.74, 6) is 0.379. The highest BCUT2D eigenvalue weighted by Crippen LogP contribution is 2.50. The molecular formula is C35H35FN4O4. The van der Waals surface area contributed by atoms with Crippen LogP contribution in [0.2, 0.25) is 0 Å². The van der Waals surface area contributed by atoms with Crippen LogP contribution < -0.4 is 19.8 Å². The number of hydrogen-bond donors (Lipinski definition) is 1. The van der Waals surface area contributed by atoms with E-state index in [9.17, 15) is 4.79 Å². The molecule has 0 bridgehead atoms. The molecule has 1 atom stereocenters. The van der Waals surface area contributed by atoms with E-state index in [-0.39, 0.29) is 23.4 Å². The van der Waals surface area contributed by atoms with E-state index in [1.165, 1.54) is 31.4 Å². The van der Waals surface area contributed by atoms with Crippen molar-refractivity contribution in [2.75, 3.05) is 30.5 Å². The Morgan fingerprint density at radius 1 is 1.07 bits per heavy atom. The third-order valence-corrected chi connectivity index (χ3v) is 8.86. The van der Waals surface area contributed by atoms with Gasteiger partial charge < -0.3 is 19.5 Å². The van der Waals surface area contributed by atoms with E-state index in [0.717, 1.165) is 35.4 Å². The number of anilines is 2. The zero-order valence-corrected chi connectivity index (χ0v) is 24.9. The number of rotatable bonds is 9. The van der Waals surface area contributed by atoms with Crippen molar-refractivity contribution >= 4 is 28.2 Å². The number of nitrogens with zero attached hydrogens (tertiary/aromatic N) is 3. The normalized spacial score (nSPS) is 18.8. The molecule has 1 unspecified atom stereocenters. The first-order valence-corrected chi connectivity index (χ1v) is 15.1. The molecule has 8 nitrogen and oxygen atoms in total. The van der Waals surface area contributed by atoms with Gasteiger partial charge in [0.2, 0.25) is 0 Å². The molecule has 1 amide bonds. The summed E-state index contributed by atoms with van der Waals surface area (Å²) >= 11 is 0. The largest absolute Gasteiger partial charge is 0.493 e. The summed E-state index contributed by atoms with van der Waals surface area (Å²) in [7, 11) is 1.92. The Morgan fingerprint density at radius 3 is 2.68 bits per heavy atom. The fourth-order valence-electron chi connectivity index (χ4n) is 6.03. The quantitative estimate of drug-likeness (QED) is 0.219. The average Bonchev–Trinajstić information content (AvgIpc) is 3.57. The molecule has 3 heterocycles. The first kappa shape index (κ1) is 28.2. The molecule has 1 spiro atoms. The highest BCUT2D eigenvalue weighted by atomic mass is 19.1. The maximum Gasteiger partial charge on any atom is 0.255 e. The Morgan fingerprint density at radius 2 is 1.91 bits per heavy atom. The smallest absolute Gasteiger partial charge is 0.255 e. The van der Waals surface area contributed by atoms with Gasteiger partial charge in [-0.15, -0.1) is 0 Å². The van der Waals surface area contributed by atoms with Crippen LogP contribution >= 0.6 is 0 Å². The van der Waals surface area contributed by atoms with Gasteiger partial charge in [0.1, 0.15) is 11.5 Å². The van der Waals surface area contributed by atoms with E-state index >= 15 is 4.39 Å². The Bertz CT molecular complexity index is 1740. The minimum absolute atomic E-state index is 0.0482. The molecule has 1 saturated heterocycles. The van der Waals surface area contributed by atoms with E-state index in [4.69, 9.17) is 14.2 Å². The number of aromatic nitrogens is 1. The van der Waals surface area contributed by atoms with Gasteiger partial charge in [0.15, 0.2) is 11.6 Å². The summed E-state index contributed by atoms with van der Waals surface area (Å²) in [6.45, 7) is 2.90. The summed E-state index contributed by atoms with van der Waals surface area (Å²) in [4.78, 5) is 17.6. The van der Waals surface area contributed by atoms with Crippen LogP contribution in [0, 0.1) is 5.82 Å². The van der Waals surface area contributed by atoms with Crippen LogP contribution in [0.1, 0.15) is 39.0 Å². The summed E-state index contributed by atoms with van der Waals surface area (Å²) in [6.07, 6.45) is 7.44. The Labute approximate surface area is 256 Å². The molecule has 4 aromatic rings. The van der Waals surface area contributed by atoms with Crippen LogP contribution in [-0.2, 0) is 9.53 Å². The molecule has 3 aliphatic rings. The van der Waals surface area contributed by atoms with Crippen LogP contribution in [0.25, 0.3) is 10.9 Å². The maximum atomic E-state index is 15.2. The van der Waals surface area contributed by atoms with Crippen molar-refractivity contribution in [3.05, 3.63) is 96.1 Å². The standard InChI is InChI=1S/C35H35FN4O4/c1-23-29(22-40(39(23)2)25-6-4-3-5-7-25)34(41)38-24-8-11-33(30(36)20-24)43-32-13-18-37-31-21-27(9-10-28(31)32)42-19-14-26-12-15-35(44-26)16-17-35/h3-11,13,18,20-21,26H,12,14-17,19,22H2,1-2H3,(H,38,41). The molecule has 1 saturated carbocycles. The summed E-state index contributed by atoms with van der Waals surface area (Å²) in [5.41, 5.74) is 3.65. The molecular weight excluding hydrogens is 559 g/mol. The van der Waals surface area contributed by atoms with Crippen LogP contribution in [0.15, 0.2) is 90.3 Å². The van der Waals surface area contributed by atoms with Gasteiger partial charge in [0.05, 0.1) is 41.6 Å². The van der Waals surface area contributed by atoms with Crippen molar-refractivity contribution in [3.63, 3.8) is 0 Å². The molecule has 9 heteroatoms. The van der Waals surface area contributed by atoms with Crippen molar-refractivity contribution in [2.24, 2.45) is 0 Å². The number of pyridine rings is 1. The van der Waals surface area contributed by atoms with E-state index in [0.29, 0.717) is 35.7 Å².